The second-order valence-corrected chi connectivity index (χ2v) is 8.86. The minimum Gasteiger partial charge on any atom is -0.313 e. The van der Waals surface area contributed by atoms with Crippen LogP contribution < -0.4 is 14.8 Å². The minimum absolute atomic E-state index is 0.121. The smallest absolute Gasteiger partial charge is 0.240 e. The van der Waals surface area contributed by atoms with Gasteiger partial charge >= 0.3 is 0 Å². The maximum Gasteiger partial charge on any atom is 0.240 e. The van der Waals surface area contributed by atoms with Crippen LogP contribution in [0.3, 0.4) is 0 Å². The van der Waals surface area contributed by atoms with Gasteiger partial charge in [0.05, 0.1) is 10.6 Å². The van der Waals surface area contributed by atoms with Crippen LogP contribution in [0.1, 0.15) is 12.8 Å². The normalized spacial score (nSPS) is 19.4. The Hall–Kier alpha value is -1.00. The van der Waals surface area contributed by atoms with Crippen LogP contribution in [0.25, 0.3) is 0 Å². The maximum atomic E-state index is 11.9. The lowest BCUT2D eigenvalue weighted by Crippen LogP contribution is -2.40. The van der Waals surface area contributed by atoms with Crippen LogP contribution in [0.4, 0.5) is 0 Å². The van der Waals surface area contributed by atoms with Gasteiger partial charge in [0.1, 0.15) is 0 Å². The van der Waals surface area contributed by atoms with E-state index in [-0.39, 0.29) is 23.2 Å². The zero-order chi connectivity index (χ0) is 16.1. The molecule has 0 aliphatic carbocycles. The van der Waals surface area contributed by atoms with Crippen molar-refractivity contribution in [1.29, 1.82) is 0 Å². The molecule has 1 aliphatic rings. The number of sulfonamides is 2. The van der Waals surface area contributed by atoms with Crippen molar-refractivity contribution in [2.45, 2.75) is 23.8 Å². The monoisotopic (exact) mass is 347 g/mol. The lowest BCUT2D eigenvalue weighted by molar-refractivity contribution is 0.550. The summed E-state index contributed by atoms with van der Waals surface area (Å²) >= 11 is 0. The van der Waals surface area contributed by atoms with E-state index >= 15 is 0 Å². The van der Waals surface area contributed by atoms with Crippen molar-refractivity contribution in [2.24, 2.45) is 0 Å². The lowest BCUT2D eigenvalue weighted by Gasteiger charge is -2.12. The fraction of sp³-hybridized carbons (Fsp3) is 0.538. The molecule has 0 spiro atoms. The van der Waals surface area contributed by atoms with Gasteiger partial charge < -0.3 is 5.32 Å². The average molecular weight is 347 g/mol. The molecular weight excluding hydrogens is 326 g/mol. The summed E-state index contributed by atoms with van der Waals surface area (Å²) in [5.74, 6) is -0.286. The fourth-order valence-electron chi connectivity index (χ4n) is 2.22. The third-order valence-electron chi connectivity index (χ3n) is 3.43. The third-order valence-corrected chi connectivity index (χ3v) is 6.25. The van der Waals surface area contributed by atoms with E-state index < -0.39 is 20.0 Å². The Kier molecular flexibility index (Phi) is 5.93. The minimum atomic E-state index is -3.67. The second kappa shape index (κ2) is 7.51. The van der Waals surface area contributed by atoms with E-state index in [1.807, 2.05) is 0 Å². The van der Waals surface area contributed by atoms with E-state index in [4.69, 9.17) is 0 Å². The topological polar surface area (TPSA) is 104 Å². The van der Waals surface area contributed by atoms with E-state index in [0.717, 1.165) is 19.4 Å². The summed E-state index contributed by atoms with van der Waals surface area (Å²) in [4.78, 5) is 0.121. The Labute approximate surface area is 131 Å². The Morgan fingerprint density at radius 3 is 2.45 bits per heavy atom. The molecule has 0 saturated carbocycles. The largest absolute Gasteiger partial charge is 0.313 e. The third kappa shape index (κ3) is 5.33. The van der Waals surface area contributed by atoms with Crippen molar-refractivity contribution in [3.05, 3.63) is 30.3 Å². The Morgan fingerprint density at radius 1 is 1.09 bits per heavy atom. The lowest BCUT2D eigenvalue weighted by atomic mass is 10.2. The van der Waals surface area contributed by atoms with Gasteiger partial charge in [-0.25, -0.2) is 26.3 Å². The van der Waals surface area contributed by atoms with Crippen LogP contribution in [0, 0.1) is 0 Å². The van der Waals surface area contributed by atoms with Gasteiger partial charge in [-0.3, -0.25) is 0 Å². The van der Waals surface area contributed by atoms with Gasteiger partial charge in [-0.15, -0.1) is 0 Å². The number of nitrogens with one attached hydrogen (secondary N) is 3. The highest BCUT2D eigenvalue weighted by atomic mass is 32.2. The van der Waals surface area contributed by atoms with Gasteiger partial charge in [-0.05, 0) is 31.5 Å². The van der Waals surface area contributed by atoms with E-state index in [1.54, 1.807) is 18.2 Å². The molecule has 1 aromatic carbocycles. The van der Waals surface area contributed by atoms with E-state index in [0.29, 0.717) is 6.54 Å². The molecule has 22 heavy (non-hydrogen) atoms. The van der Waals surface area contributed by atoms with Crippen molar-refractivity contribution >= 4 is 20.0 Å². The molecule has 1 atom stereocenters. The molecule has 1 aliphatic heterocycles. The SMILES string of the molecule is O=S(=O)(CCNS(=O)(=O)c1ccccc1)NCC1CCCN1. The van der Waals surface area contributed by atoms with E-state index in [1.165, 1.54) is 12.1 Å². The van der Waals surface area contributed by atoms with E-state index in [2.05, 4.69) is 14.8 Å². The van der Waals surface area contributed by atoms with E-state index in [9.17, 15) is 16.8 Å². The van der Waals surface area contributed by atoms with Gasteiger partial charge in [0.2, 0.25) is 20.0 Å². The highest BCUT2D eigenvalue weighted by Crippen LogP contribution is 2.07. The Balaban J connectivity index is 1.79. The van der Waals surface area contributed by atoms with Crippen molar-refractivity contribution in [3.63, 3.8) is 0 Å². The first-order valence-electron chi connectivity index (χ1n) is 7.14. The summed E-state index contributed by atoms with van der Waals surface area (Å²) in [6.45, 7) is 1.09. The molecular formula is C13H21N3O4S2. The van der Waals surface area contributed by atoms with Gasteiger partial charge in [-0.1, -0.05) is 18.2 Å². The summed E-state index contributed by atoms with van der Waals surface area (Å²) in [7, 11) is -7.16. The molecule has 1 fully saturated rings. The molecule has 3 N–H and O–H groups in total. The summed E-state index contributed by atoms with van der Waals surface area (Å²) in [5, 5.41) is 3.19. The van der Waals surface area contributed by atoms with Crippen LogP contribution >= 0.6 is 0 Å². The molecule has 0 bridgehead atoms. The Morgan fingerprint density at radius 2 is 1.82 bits per heavy atom. The average Bonchev–Trinajstić information content (AvgIpc) is 2.99. The molecule has 0 aromatic heterocycles. The predicted octanol–water partition coefficient (Wildman–Crippen LogP) is -0.364. The summed E-state index contributed by atoms with van der Waals surface area (Å²) in [6, 6.07) is 8.02. The molecule has 7 nitrogen and oxygen atoms in total. The van der Waals surface area contributed by atoms with Crippen LogP contribution in [-0.4, -0.2) is 48.3 Å². The predicted molar refractivity (Wildman–Crippen MR) is 84.4 cm³/mol. The maximum absolute atomic E-state index is 11.9. The van der Waals surface area contributed by atoms with Gasteiger partial charge in [-0.2, -0.15) is 0 Å². The number of benzene rings is 1. The molecule has 9 heteroatoms. The summed E-state index contributed by atoms with van der Waals surface area (Å²) in [6.07, 6.45) is 1.99. The van der Waals surface area contributed by atoms with Gasteiger partial charge in [0.25, 0.3) is 0 Å². The first-order valence-corrected chi connectivity index (χ1v) is 10.3. The van der Waals surface area contributed by atoms with Crippen LogP contribution in [-0.2, 0) is 20.0 Å². The standard InChI is InChI=1S/C13H21N3O4S2/c17-21(18,16-11-12-5-4-8-14-12)10-9-15-22(19,20)13-6-2-1-3-7-13/h1-3,6-7,12,14-16H,4-5,8-11H2. The van der Waals surface area contributed by atoms with Crippen molar-refractivity contribution in [2.75, 3.05) is 25.4 Å². The number of hydrogen-bond donors (Lipinski definition) is 3. The van der Waals surface area contributed by atoms with Crippen LogP contribution in [0.15, 0.2) is 35.2 Å². The molecule has 0 amide bonds. The molecule has 2 rings (SSSR count). The zero-order valence-electron chi connectivity index (χ0n) is 12.2. The molecule has 124 valence electrons. The molecule has 1 saturated heterocycles. The highest BCUT2D eigenvalue weighted by molar-refractivity contribution is 7.90. The first-order chi connectivity index (χ1) is 10.4. The molecule has 1 aromatic rings. The van der Waals surface area contributed by atoms with Gasteiger partial charge in [0.15, 0.2) is 0 Å². The molecule has 0 radical (unpaired) electrons. The van der Waals surface area contributed by atoms with Crippen LogP contribution in [0.2, 0.25) is 0 Å². The quantitative estimate of drug-likeness (QED) is 0.595. The van der Waals surface area contributed by atoms with Crippen molar-refractivity contribution in [3.8, 4) is 0 Å². The highest BCUT2D eigenvalue weighted by Gasteiger charge is 2.19. The zero-order valence-corrected chi connectivity index (χ0v) is 13.8. The second-order valence-electron chi connectivity index (χ2n) is 5.17. The summed E-state index contributed by atoms with van der Waals surface area (Å²) in [5.41, 5.74) is 0. The number of rotatable bonds is 8. The first kappa shape index (κ1) is 17.4. The number of hydrogen-bond acceptors (Lipinski definition) is 5. The van der Waals surface area contributed by atoms with Crippen LogP contribution in [0.5, 0.6) is 0 Å². The summed E-state index contributed by atoms with van der Waals surface area (Å²) < 4.78 is 52.4. The molecule has 1 heterocycles. The van der Waals surface area contributed by atoms with Gasteiger partial charge in [0, 0.05) is 19.1 Å². The van der Waals surface area contributed by atoms with Crippen molar-refractivity contribution < 1.29 is 16.8 Å². The Bertz CT molecular complexity index is 668. The molecule has 1 unspecified atom stereocenters. The fourth-order valence-corrected chi connectivity index (χ4v) is 4.38. The van der Waals surface area contributed by atoms with Crippen molar-refractivity contribution in [1.82, 2.24) is 14.8 Å².